The van der Waals surface area contributed by atoms with E-state index in [1.807, 2.05) is 60.6 Å². The zero-order valence-corrected chi connectivity index (χ0v) is 26.9. The second-order valence-electron chi connectivity index (χ2n) is 13.7. The van der Waals surface area contributed by atoms with Crippen molar-refractivity contribution in [2.45, 2.75) is 112 Å². The number of ether oxygens (including phenoxy) is 1. The van der Waals surface area contributed by atoms with Crippen LogP contribution in [0.1, 0.15) is 102 Å². The molecule has 0 bridgehead atoms. The van der Waals surface area contributed by atoms with Crippen LogP contribution in [-0.4, -0.2) is 39.5 Å². The molecule has 0 aromatic carbocycles. The van der Waals surface area contributed by atoms with Gasteiger partial charge in [0.2, 0.25) is 5.82 Å². The van der Waals surface area contributed by atoms with Gasteiger partial charge in [0, 0.05) is 17.8 Å². The van der Waals surface area contributed by atoms with Gasteiger partial charge >= 0.3 is 5.97 Å². The Morgan fingerprint density at radius 1 is 1.00 bits per heavy atom. The molecule has 0 spiro atoms. The molecule has 0 amide bonds. The van der Waals surface area contributed by atoms with Gasteiger partial charge in [-0.15, -0.1) is 10.2 Å². The number of pyridine rings is 2. The molecule has 10 heteroatoms. The maximum atomic E-state index is 13.7. The molecule has 40 heavy (non-hydrogen) atoms. The van der Waals surface area contributed by atoms with E-state index in [4.69, 9.17) is 14.1 Å². The van der Waals surface area contributed by atoms with E-state index in [0.29, 0.717) is 23.5 Å². The highest BCUT2D eigenvalue weighted by molar-refractivity contribution is 6.74. The molecule has 0 aliphatic carbocycles. The van der Waals surface area contributed by atoms with Crippen molar-refractivity contribution in [3.8, 4) is 0 Å². The van der Waals surface area contributed by atoms with Crippen LogP contribution in [0.15, 0.2) is 24.4 Å². The lowest BCUT2D eigenvalue weighted by atomic mass is 9.71. The van der Waals surface area contributed by atoms with Gasteiger partial charge in [0.25, 0.3) is 6.43 Å². The van der Waals surface area contributed by atoms with Gasteiger partial charge in [0.15, 0.2) is 14.0 Å². The van der Waals surface area contributed by atoms with Crippen molar-refractivity contribution in [3.63, 3.8) is 0 Å². The molecule has 3 rings (SSSR count). The number of carbonyl (C=O) groups is 1. The minimum Gasteiger partial charge on any atom is -0.460 e. The van der Waals surface area contributed by atoms with Crippen LogP contribution in [0.2, 0.25) is 18.1 Å². The predicted octanol–water partition coefficient (Wildman–Crippen LogP) is 7.70. The number of aryl methyl sites for hydroxylation is 2. The molecule has 1 unspecified atom stereocenters. The Morgan fingerprint density at radius 2 is 1.62 bits per heavy atom. The summed E-state index contributed by atoms with van der Waals surface area (Å²) in [7, 11) is -2.04. The van der Waals surface area contributed by atoms with E-state index in [2.05, 4.69) is 44.1 Å². The first-order valence-corrected chi connectivity index (χ1v) is 16.5. The average molecular weight is 575 g/mol. The van der Waals surface area contributed by atoms with E-state index in [1.54, 1.807) is 6.07 Å². The van der Waals surface area contributed by atoms with E-state index < -0.39 is 37.5 Å². The maximum Gasteiger partial charge on any atom is 0.313 e. The Bertz CT molecular complexity index is 1390. The number of aromatic nitrogens is 4. The highest BCUT2D eigenvalue weighted by Gasteiger charge is 2.44. The fourth-order valence-corrected chi connectivity index (χ4v) is 5.31. The number of halogens is 2. The van der Waals surface area contributed by atoms with Crippen LogP contribution in [0.3, 0.4) is 0 Å². The van der Waals surface area contributed by atoms with Crippen LogP contribution < -0.4 is 0 Å². The van der Waals surface area contributed by atoms with Crippen molar-refractivity contribution in [1.29, 1.82) is 0 Å². The zero-order chi connectivity index (χ0) is 30.4. The summed E-state index contributed by atoms with van der Waals surface area (Å²) in [5, 5.41) is 7.81. The number of hydrogen-bond donors (Lipinski definition) is 0. The number of alkyl halides is 2. The van der Waals surface area contributed by atoms with Crippen molar-refractivity contribution in [2.75, 3.05) is 0 Å². The minimum atomic E-state index is -2.77. The molecule has 0 N–H and O–H groups in total. The van der Waals surface area contributed by atoms with E-state index >= 15 is 0 Å². The summed E-state index contributed by atoms with van der Waals surface area (Å²) >= 11 is 0. The first kappa shape index (κ1) is 31.8. The van der Waals surface area contributed by atoms with Crippen molar-refractivity contribution >= 4 is 19.9 Å². The van der Waals surface area contributed by atoms with Crippen LogP contribution in [0.4, 0.5) is 8.78 Å². The lowest BCUT2D eigenvalue weighted by Gasteiger charge is -2.37. The molecule has 220 valence electrons. The lowest BCUT2D eigenvalue weighted by molar-refractivity contribution is -0.166. The number of hydrogen-bond acceptors (Lipinski definition) is 6. The minimum absolute atomic E-state index is 0.0433. The highest BCUT2D eigenvalue weighted by atomic mass is 28.4. The first-order chi connectivity index (χ1) is 18.2. The third kappa shape index (κ3) is 6.43. The fraction of sp³-hybridized carbons (Fsp3) is 0.600. The van der Waals surface area contributed by atoms with E-state index in [0.717, 1.165) is 16.8 Å². The topological polar surface area (TPSA) is 78.6 Å². The summed E-state index contributed by atoms with van der Waals surface area (Å²) in [5.74, 6) is -1.38. The largest absolute Gasteiger partial charge is 0.460 e. The molecule has 1 atom stereocenters. The van der Waals surface area contributed by atoms with Gasteiger partial charge < -0.3 is 9.16 Å². The van der Waals surface area contributed by atoms with E-state index in [9.17, 15) is 13.6 Å². The maximum absolute atomic E-state index is 13.7. The quantitative estimate of drug-likeness (QED) is 0.203. The summed E-state index contributed by atoms with van der Waals surface area (Å²) < 4.78 is 40.7. The van der Waals surface area contributed by atoms with Gasteiger partial charge in [-0.1, -0.05) is 26.8 Å². The van der Waals surface area contributed by atoms with Crippen LogP contribution >= 0.6 is 0 Å². The normalized spacial score (nSPS) is 14.2. The Labute approximate surface area is 237 Å². The van der Waals surface area contributed by atoms with Gasteiger partial charge in [0.05, 0.1) is 17.7 Å². The number of esters is 1. The molecule has 3 aromatic heterocycles. The fourth-order valence-electron chi connectivity index (χ4n) is 4.38. The number of fused-ring (bicyclic) bond motifs is 1. The second-order valence-corrected chi connectivity index (χ2v) is 18.5. The molecule has 7 nitrogen and oxygen atoms in total. The van der Waals surface area contributed by atoms with Crippen LogP contribution in [0.25, 0.3) is 5.65 Å². The average Bonchev–Trinajstić information content (AvgIpc) is 3.24. The monoisotopic (exact) mass is 574 g/mol. The van der Waals surface area contributed by atoms with Crippen molar-refractivity contribution in [3.05, 3.63) is 58.3 Å². The standard InChI is InChI=1S/C30H44F2N4O3Si/c1-18-13-14-21(33-22(18)17-38-40(11,12)29(6,7)8)23(30(9,10)27(37)39-28(3,4)5)20-15-16-36-25(19(20)2)34-35-26(36)24(31)32/h13-16,23-24H,17H2,1-12H3. The van der Waals surface area contributed by atoms with Crippen molar-refractivity contribution in [1.82, 2.24) is 19.6 Å². The molecular weight excluding hydrogens is 530 g/mol. The van der Waals surface area contributed by atoms with E-state index in [1.165, 1.54) is 10.6 Å². The third-order valence-electron chi connectivity index (χ3n) is 7.94. The van der Waals surface area contributed by atoms with Crippen molar-refractivity contribution in [2.24, 2.45) is 5.41 Å². The van der Waals surface area contributed by atoms with Gasteiger partial charge in [-0.25, -0.2) is 8.78 Å². The van der Waals surface area contributed by atoms with Gasteiger partial charge in [-0.05, 0) is 95.4 Å². The zero-order valence-electron chi connectivity index (χ0n) is 25.9. The Morgan fingerprint density at radius 3 is 2.17 bits per heavy atom. The number of rotatable bonds is 8. The second kappa shape index (κ2) is 10.9. The molecule has 0 aliphatic heterocycles. The lowest BCUT2D eigenvalue weighted by Crippen LogP contribution is -2.40. The molecule has 0 saturated heterocycles. The van der Waals surface area contributed by atoms with Crippen LogP contribution in [0.5, 0.6) is 0 Å². The van der Waals surface area contributed by atoms with Crippen LogP contribution in [-0.2, 0) is 20.6 Å². The summed E-state index contributed by atoms with van der Waals surface area (Å²) in [5.41, 5.74) is 2.38. The van der Waals surface area contributed by atoms with Gasteiger partial charge in [0.1, 0.15) is 5.60 Å². The van der Waals surface area contributed by atoms with Gasteiger partial charge in [-0.2, -0.15) is 0 Å². The predicted molar refractivity (Wildman–Crippen MR) is 155 cm³/mol. The van der Waals surface area contributed by atoms with Crippen molar-refractivity contribution < 1.29 is 22.7 Å². The molecular formula is C30H44F2N4O3Si. The van der Waals surface area contributed by atoms with Gasteiger partial charge in [-0.3, -0.25) is 14.2 Å². The summed E-state index contributed by atoms with van der Waals surface area (Å²) in [6.07, 6.45) is -1.23. The summed E-state index contributed by atoms with van der Waals surface area (Å²) in [6.45, 7) is 24.3. The SMILES string of the molecule is Cc1ccc(C(c2ccn3c(C(F)F)nnc3c2C)C(C)(C)C(=O)OC(C)(C)C)nc1CO[Si](C)(C)C(C)(C)C. The Balaban J connectivity index is 2.19. The number of carbonyl (C=O) groups excluding carboxylic acids is 1. The van der Waals surface area contributed by atoms with Crippen LogP contribution in [0, 0.1) is 19.3 Å². The Hall–Kier alpha value is -2.72. The highest BCUT2D eigenvalue weighted by Crippen LogP contribution is 2.44. The molecule has 0 fully saturated rings. The summed E-state index contributed by atoms with van der Waals surface area (Å²) in [4.78, 5) is 18.7. The first-order valence-electron chi connectivity index (χ1n) is 13.6. The molecule has 3 aromatic rings. The molecule has 0 saturated carbocycles. The molecule has 3 heterocycles. The smallest absolute Gasteiger partial charge is 0.313 e. The summed E-state index contributed by atoms with van der Waals surface area (Å²) in [6, 6.07) is 5.66. The number of nitrogens with zero attached hydrogens (tertiary/aromatic N) is 4. The molecule has 0 radical (unpaired) electrons. The molecule has 0 aliphatic rings. The van der Waals surface area contributed by atoms with E-state index in [-0.39, 0.29) is 11.0 Å². The Kier molecular flexibility index (Phi) is 8.69. The third-order valence-corrected chi connectivity index (χ3v) is 12.4.